The molecule has 0 fully saturated rings. The third kappa shape index (κ3) is 4.55. The van der Waals surface area contributed by atoms with Gasteiger partial charge in [0.05, 0.1) is 0 Å². The highest BCUT2D eigenvalue weighted by Gasteiger charge is 2.20. The molecule has 0 radical (unpaired) electrons. The van der Waals surface area contributed by atoms with Gasteiger partial charge in [-0.3, -0.25) is 14.6 Å². The van der Waals surface area contributed by atoms with Crippen LogP contribution in [0.15, 0.2) is 48.7 Å². The first-order valence-corrected chi connectivity index (χ1v) is 7.76. The Bertz CT molecular complexity index is 704. The van der Waals surface area contributed by atoms with Crippen molar-refractivity contribution in [3.8, 4) is 11.5 Å². The number of carbonyl (C=O) groups excluding carboxylic acids is 2. The van der Waals surface area contributed by atoms with Gasteiger partial charge >= 0.3 is 0 Å². The number of likely N-dealkylation sites (N-methyl/N-ethyl adjacent to an activating group) is 1. The van der Waals surface area contributed by atoms with E-state index in [1.54, 1.807) is 31.0 Å². The zero-order valence-electron chi connectivity index (χ0n) is 14.0. The van der Waals surface area contributed by atoms with Crippen molar-refractivity contribution in [2.75, 3.05) is 13.6 Å². The maximum absolute atomic E-state index is 12.3. The van der Waals surface area contributed by atoms with E-state index in [0.29, 0.717) is 18.0 Å². The molecule has 0 spiro atoms. The Hall–Kier alpha value is -2.89. The third-order valence-corrected chi connectivity index (χ3v) is 3.51. The average molecular weight is 327 g/mol. The van der Waals surface area contributed by atoms with E-state index >= 15 is 0 Å². The topological polar surface area (TPSA) is 71.5 Å². The summed E-state index contributed by atoms with van der Waals surface area (Å²) in [5.41, 5.74) is 0.197. The minimum atomic E-state index is -0.622. The molecule has 0 aliphatic rings. The van der Waals surface area contributed by atoms with E-state index in [2.05, 4.69) is 10.3 Å². The van der Waals surface area contributed by atoms with Gasteiger partial charge in [0.25, 0.3) is 5.91 Å². The monoisotopic (exact) mass is 327 g/mol. The van der Waals surface area contributed by atoms with Gasteiger partial charge in [0, 0.05) is 25.9 Å². The van der Waals surface area contributed by atoms with Crippen molar-refractivity contribution in [2.45, 2.75) is 19.9 Å². The molecule has 6 nitrogen and oxygen atoms in total. The average Bonchev–Trinajstić information content (AvgIpc) is 2.61. The fraction of sp³-hybridized carbons (Fsp3) is 0.278. The molecule has 0 saturated heterocycles. The summed E-state index contributed by atoms with van der Waals surface area (Å²) in [6, 6.07) is 11.9. The first-order chi connectivity index (χ1) is 11.5. The molecule has 24 heavy (non-hydrogen) atoms. The Balaban J connectivity index is 2.05. The van der Waals surface area contributed by atoms with Crippen molar-refractivity contribution in [1.29, 1.82) is 0 Å². The summed E-state index contributed by atoms with van der Waals surface area (Å²) >= 11 is 0. The lowest BCUT2D eigenvalue weighted by Crippen LogP contribution is -2.45. The van der Waals surface area contributed by atoms with Crippen LogP contribution >= 0.6 is 0 Å². The smallest absolute Gasteiger partial charge is 0.270 e. The van der Waals surface area contributed by atoms with Crippen molar-refractivity contribution in [1.82, 2.24) is 15.2 Å². The molecule has 2 amide bonds. The quantitative estimate of drug-likeness (QED) is 0.885. The molecule has 1 aromatic carbocycles. The molecular weight excluding hydrogens is 306 g/mol. The SMILES string of the molecule is CCN(C)C(=O)[C@@H](C)NC(=O)c1cc(Oc2ccccc2)ccn1. The van der Waals surface area contributed by atoms with Gasteiger partial charge in [-0.1, -0.05) is 18.2 Å². The number of hydrogen-bond acceptors (Lipinski definition) is 4. The molecule has 0 aliphatic heterocycles. The highest BCUT2D eigenvalue weighted by atomic mass is 16.5. The Morgan fingerprint density at radius 2 is 1.92 bits per heavy atom. The van der Waals surface area contributed by atoms with Crippen LogP contribution in [0.3, 0.4) is 0 Å². The predicted octanol–water partition coefficient (Wildman–Crippen LogP) is 2.47. The van der Waals surface area contributed by atoms with Crippen LogP contribution in [-0.4, -0.2) is 41.3 Å². The van der Waals surface area contributed by atoms with E-state index in [9.17, 15) is 9.59 Å². The Labute approximate surface area is 141 Å². The molecule has 0 aliphatic carbocycles. The number of pyridine rings is 1. The van der Waals surface area contributed by atoms with Gasteiger partial charge in [-0.2, -0.15) is 0 Å². The maximum atomic E-state index is 12.3. The number of ether oxygens (including phenoxy) is 1. The maximum Gasteiger partial charge on any atom is 0.270 e. The van der Waals surface area contributed by atoms with Crippen LogP contribution in [0.2, 0.25) is 0 Å². The summed E-state index contributed by atoms with van der Waals surface area (Å²) in [6.07, 6.45) is 1.50. The van der Waals surface area contributed by atoms with Crippen LogP contribution in [0.25, 0.3) is 0 Å². The second-order valence-corrected chi connectivity index (χ2v) is 5.34. The predicted molar refractivity (Wildman–Crippen MR) is 91.0 cm³/mol. The summed E-state index contributed by atoms with van der Waals surface area (Å²) in [5.74, 6) is 0.607. The first kappa shape index (κ1) is 17.5. The van der Waals surface area contributed by atoms with Gasteiger partial charge in [0.2, 0.25) is 5.91 Å². The van der Waals surface area contributed by atoms with Gasteiger partial charge < -0.3 is 15.0 Å². The number of carbonyl (C=O) groups is 2. The van der Waals surface area contributed by atoms with E-state index in [4.69, 9.17) is 4.74 Å². The number of rotatable bonds is 6. The molecular formula is C18H21N3O3. The number of benzene rings is 1. The normalized spacial score (nSPS) is 11.5. The number of nitrogens with zero attached hydrogens (tertiary/aromatic N) is 2. The standard InChI is InChI=1S/C18H21N3O3/c1-4-21(3)18(23)13(2)20-17(22)16-12-15(10-11-19-16)24-14-8-6-5-7-9-14/h5-13H,4H2,1-3H3,(H,20,22)/t13-/m1/s1. The molecule has 1 N–H and O–H groups in total. The first-order valence-electron chi connectivity index (χ1n) is 7.76. The Morgan fingerprint density at radius 3 is 2.58 bits per heavy atom. The second-order valence-electron chi connectivity index (χ2n) is 5.34. The Morgan fingerprint density at radius 1 is 1.21 bits per heavy atom. The highest BCUT2D eigenvalue weighted by molar-refractivity contribution is 5.96. The van der Waals surface area contributed by atoms with Crippen molar-refractivity contribution >= 4 is 11.8 Å². The molecule has 6 heteroatoms. The molecule has 2 rings (SSSR count). The van der Waals surface area contributed by atoms with Crippen molar-refractivity contribution in [3.63, 3.8) is 0 Å². The van der Waals surface area contributed by atoms with Crippen LogP contribution in [0.4, 0.5) is 0 Å². The van der Waals surface area contributed by atoms with E-state index in [-0.39, 0.29) is 11.6 Å². The number of nitrogens with one attached hydrogen (secondary N) is 1. The molecule has 1 aromatic heterocycles. The van der Waals surface area contributed by atoms with Gasteiger partial charge in [-0.05, 0) is 32.0 Å². The largest absolute Gasteiger partial charge is 0.457 e. The Kier molecular flexibility index (Phi) is 5.89. The number of para-hydroxylation sites is 1. The van der Waals surface area contributed by atoms with E-state index in [1.165, 1.54) is 6.20 Å². The van der Waals surface area contributed by atoms with Gasteiger partial charge in [0.1, 0.15) is 23.2 Å². The van der Waals surface area contributed by atoms with Crippen molar-refractivity contribution < 1.29 is 14.3 Å². The lowest BCUT2D eigenvalue weighted by molar-refractivity contribution is -0.131. The summed E-state index contributed by atoms with van der Waals surface area (Å²) in [6.45, 7) is 4.10. The van der Waals surface area contributed by atoms with Crippen LogP contribution < -0.4 is 10.1 Å². The zero-order chi connectivity index (χ0) is 17.5. The van der Waals surface area contributed by atoms with E-state index in [1.807, 2.05) is 37.3 Å². The molecule has 126 valence electrons. The summed E-state index contributed by atoms with van der Waals surface area (Å²) in [7, 11) is 1.69. The minimum Gasteiger partial charge on any atom is -0.457 e. The summed E-state index contributed by atoms with van der Waals surface area (Å²) in [4.78, 5) is 29.9. The summed E-state index contributed by atoms with van der Waals surface area (Å²) in [5, 5.41) is 2.65. The van der Waals surface area contributed by atoms with Crippen LogP contribution in [0.1, 0.15) is 24.3 Å². The van der Waals surface area contributed by atoms with Crippen LogP contribution in [-0.2, 0) is 4.79 Å². The molecule has 0 saturated carbocycles. The molecule has 1 heterocycles. The van der Waals surface area contributed by atoms with Crippen molar-refractivity contribution in [2.24, 2.45) is 0 Å². The number of amides is 2. The molecule has 0 unspecified atom stereocenters. The molecule has 2 aromatic rings. The highest BCUT2D eigenvalue weighted by Crippen LogP contribution is 2.20. The van der Waals surface area contributed by atoms with Crippen LogP contribution in [0.5, 0.6) is 11.5 Å². The molecule has 0 bridgehead atoms. The lowest BCUT2D eigenvalue weighted by atomic mass is 10.2. The second kappa shape index (κ2) is 8.10. The fourth-order valence-corrected chi connectivity index (χ4v) is 2.04. The molecule has 1 atom stereocenters. The van der Waals surface area contributed by atoms with E-state index < -0.39 is 11.9 Å². The lowest BCUT2D eigenvalue weighted by Gasteiger charge is -2.20. The van der Waals surface area contributed by atoms with Crippen molar-refractivity contribution in [3.05, 3.63) is 54.4 Å². The zero-order valence-corrected chi connectivity index (χ0v) is 14.0. The van der Waals surface area contributed by atoms with Gasteiger partial charge in [-0.15, -0.1) is 0 Å². The van der Waals surface area contributed by atoms with E-state index in [0.717, 1.165) is 0 Å². The number of aromatic nitrogens is 1. The van der Waals surface area contributed by atoms with Gasteiger partial charge in [-0.25, -0.2) is 0 Å². The van der Waals surface area contributed by atoms with Gasteiger partial charge in [0.15, 0.2) is 0 Å². The minimum absolute atomic E-state index is 0.150. The summed E-state index contributed by atoms with van der Waals surface area (Å²) < 4.78 is 5.68. The third-order valence-electron chi connectivity index (χ3n) is 3.51. The van der Waals surface area contributed by atoms with Crippen LogP contribution in [0, 0.1) is 0 Å². The fourth-order valence-electron chi connectivity index (χ4n) is 2.04. The number of hydrogen-bond donors (Lipinski definition) is 1.